The number of aryl methyl sites for hydroxylation is 1. The van der Waals surface area contributed by atoms with Crippen LogP contribution in [0.15, 0.2) is 11.7 Å². The molecule has 0 saturated heterocycles. The molecule has 0 fully saturated rings. The minimum absolute atomic E-state index is 0.506. The molecule has 0 aromatic carbocycles. The fraction of sp³-hybridized carbons (Fsp3) is 0.300. The fourth-order valence-electron chi connectivity index (χ4n) is 1.31. The van der Waals surface area contributed by atoms with Gasteiger partial charge in [0.15, 0.2) is 0 Å². The van der Waals surface area contributed by atoms with Crippen molar-refractivity contribution < 1.29 is 0 Å². The predicted octanol–water partition coefficient (Wildman–Crippen LogP) is 1.74. The lowest BCUT2D eigenvalue weighted by Crippen LogP contribution is -2.06. The number of hydrogen-bond acceptors (Lipinski definition) is 6. The Bertz CT molecular complexity index is 494. The standard InChI is InChI=1S/C10H13N5S/c1-6-9(11)13-5-14-10(6)12-3-8-4-16-7(2)15-8/h4-5H,3H2,1-2H3,(H3,11,12,13,14). The molecule has 2 heterocycles. The molecule has 0 aliphatic rings. The Kier molecular flexibility index (Phi) is 3.00. The van der Waals surface area contributed by atoms with Crippen molar-refractivity contribution in [2.24, 2.45) is 0 Å². The van der Waals surface area contributed by atoms with E-state index in [2.05, 4.69) is 20.3 Å². The third kappa shape index (κ3) is 2.27. The third-order valence-electron chi connectivity index (χ3n) is 2.23. The molecule has 2 rings (SSSR count). The largest absolute Gasteiger partial charge is 0.383 e. The van der Waals surface area contributed by atoms with Gasteiger partial charge in [0.05, 0.1) is 17.2 Å². The second kappa shape index (κ2) is 4.44. The average molecular weight is 235 g/mol. The molecule has 0 spiro atoms. The smallest absolute Gasteiger partial charge is 0.134 e. The minimum atomic E-state index is 0.506. The number of nitrogen functional groups attached to an aromatic ring is 1. The maximum absolute atomic E-state index is 5.69. The lowest BCUT2D eigenvalue weighted by Gasteiger charge is -2.07. The van der Waals surface area contributed by atoms with Crippen LogP contribution in [0.25, 0.3) is 0 Å². The summed E-state index contributed by atoms with van der Waals surface area (Å²) in [6.45, 7) is 4.54. The number of aromatic nitrogens is 3. The maximum atomic E-state index is 5.69. The average Bonchev–Trinajstić information content (AvgIpc) is 2.67. The Morgan fingerprint density at radius 3 is 2.88 bits per heavy atom. The quantitative estimate of drug-likeness (QED) is 0.847. The molecule has 0 radical (unpaired) electrons. The molecule has 5 nitrogen and oxygen atoms in total. The van der Waals surface area contributed by atoms with Crippen LogP contribution in [-0.4, -0.2) is 15.0 Å². The zero-order valence-corrected chi connectivity index (χ0v) is 10.0. The number of nitrogens with two attached hydrogens (primary N) is 1. The molecule has 0 aliphatic heterocycles. The molecule has 6 heteroatoms. The lowest BCUT2D eigenvalue weighted by molar-refractivity contribution is 1.02. The Labute approximate surface area is 97.8 Å². The molecule has 0 aliphatic carbocycles. The van der Waals surface area contributed by atoms with Gasteiger partial charge in [-0.25, -0.2) is 15.0 Å². The summed E-state index contributed by atoms with van der Waals surface area (Å²) in [4.78, 5) is 12.4. The first-order valence-electron chi connectivity index (χ1n) is 4.89. The van der Waals surface area contributed by atoms with Gasteiger partial charge in [-0.1, -0.05) is 0 Å². The minimum Gasteiger partial charge on any atom is -0.383 e. The van der Waals surface area contributed by atoms with Gasteiger partial charge in [-0.2, -0.15) is 0 Å². The molecule has 2 aromatic heterocycles. The van der Waals surface area contributed by atoms with Crippen molar-refractivity contribution >= 4 is 23.0 Å². The molecular formula is C10H13N5S. The van der Waals surface area contributed by atoms with Gasteiger partial charge in [-0.15, -0.1) is 11.3 Å². The van der Waals surface area contributed by atoms with Crippen LogP contribution in [-0.2, 0) is 6.54 Å². The normalized spacial score (nSPS) is 10.4. The lowest BCUT2D eigenvalue weighted by atomic mass is 10.3. The van der Waals surface area contributed by atoms with Gasteiger partial charge in [0.2, 0.25) is 0 Å². The number of nitrogens with zero attached hydrogens (tertiary/aromatic N) is 3. The molecule has 0 atom stereocenters. The Morgan fingerprint density at radius 2 is 2.19 bits per heavy atom. The first kappa shape index (κ1) is 10.8. The zero-order chi connectivity index (χ0) is 11.5. The topological polar surface area (TPSA) is 76.7 Å². The van der Waals surface area contributed by atoms with Gasteiger partial charge in [-0.05, 0) is 13.8 Å². The summed E-state index contributed by atoms with van der Waals surface area (Å²) in [7, 11) is 0. The number of hydrogen-bond donors (Lipinski definition) is 2. The molecule has 0 unspecified atom stereocenters. The van der Waals surface area contributed by atoms with Crippen LogP contribution in [0, 0.1) is 13.8 Å². The predicted molar refractivity (Wildman–Crippen MR) is 65.4 cm³/mol. The number of anilines is 2. The Balaban J connectivity index is 2.07. The van der Waals surface area contributed by atoms with Crippen molar-refractivity contribution in [2.75, 3.05) is 11.1 Å². The van der Waals surface area contributed by atoms with Crippen LogP contribution in [0.1, 0.15) is 16.3 Å². The van der Waals surface area contributed by atoms with Gasteiger partial charge >= 0.3 is 0 Å². The van der Waals surface area contributed by atoms with Crippen LogP contribution in [0.2, 0.25) is 0 Å². The Hall–Kier alpha value is -1.69. The second-order valence-electron chi connectivity index (χ2n) is 3.44. The first-order chi connectivity index (χ1) is 7.66. The molecule has 0 amide bonds. The summed E-state index contributed by atoms with van der Waals surface area (Å²) < 4.78 is 0. The molecule has 0 saturated carbocycles. The monoisotopic (exact) mass is 235 g/mol. The SMILES string of the molecule is Cc1nc(CNc2ncnc(N)c2C)cs1. The van der Waals surface area contributed by atoms with Crippen LogP contribution in [0.3, 0.4) is 0 Å². The molecule has 84 valence electrons. The molecule has 3 N–H and O–H groups in total. The van der Waals surface area contributed by atoms with Crippen LogP contribution < -0.4 is 11.1 Å². The highest BCUT2D eigenvalue weighted by Gasteiger charge is 2.04. The highest BCUT2D eigenvalue weighted by molar-refractivity contribution is 7.09. The van der Waals surface area contributed by atoms with Crippen molar-refractivity contribution in [2.45, 2.75) is 20.4 Å². The van der Waals surface area contributed by atoms with Gasteiger partial charge < -0.3 is 11.1 Å². The van der Waals surface area contributed by atoms with E-state index < -0.39 is 0 Å². The van der Waals surface area contributed by atoms with E-state index in [1.165, 1.54) is 6.33 Å². The number of rotatable bonds is 3. The van der Waals surface area contributed by atoms with Gasteiger partial charge in [0.1, 0.15) is 18.0 Å². The van der Waals surface area contributed by atoms with E-state index in [0.717, 1.165) is 22.1 Å². The summed E-state index contributed by atoms with van der Waals surface area (Å²) in [6.07, 6.45) is 1.46. The van der Waals surface area contributed by atoms with E-state index in [1.54, 1.807) is 11.3 Å². The molecular weight excluding hydrogens is 222 g/mol. The maximum Gasteiger partial charge on any atom is 0.134 e. The molecule has 2 aromatic rings. The van der Waals surface area contributed by atoms with E-state index in [9.17, 15) is 0 Å². The third-order valence-corrected chi connectivity index (χ3v) is 3.05. The highest BCUT2D eigenvalue weighted by atomic mass is 32.1. The first-order valence-corrected chi connectivity index (χ1v) is 5.76. The summed E-state index contributed by atoms with van der Waals surface area (Å²) in [5.74, 6) is 1.27. The fourth-order valence-corrected chi connectivity index (χ4v) is 1.92. The summed E-state index contributed by atoms with van der Waals surface area (Å²) in [6, 6.07) is 0. The Morgan fingerprint density at radius 1 is 1.38 bits per heavy atom. The molecule has 16 heavy (non-hydrogen) atoms. The summed E-state index contributed by atoms with van der Waals surface area (Å²) >= 11 is 1.64. The van der Waals surface area contributed by atoms with E-state index >= 15 is 0 Å². The number of nitrogens with one attached hydrogen (secondary N) is 1. The van der Waals surface area contributed by atoms with Crippen LogP contribution in [0.5, 0.6) is 0 Å². The highest BCUT2D eigenvalue weighted by Crippen LogP contribution is 2.16. The van der Waals surface area contributed by atoms with Crippen molar-refractivity contribution in [1.29, 1.82) is 0 Å². The van der Waals surface area contributed by atoms with E-state index in [1.807, 2.05) is 19.2 Å². The second-order valence-corrected chi connectivity index (χ2v) is 4.51. The number of thiazole rings is 1. The van der Waals surface area contributed by atoms with E-state index in [4.69, 9.17) is 5.73 Å². The van der Waals surface area contributed by atoms with Crippen molar-refractivity contribution in [3.63, 3.8) is 0 Å². The van der Waals surface area contributed by atoms with Gasteiger partial charge in [0, 0.05) is 10.9 Å². The van der Waals surface area contributed by atoms with Crippen LogP contribution >= 0.6 is 11.3 Å². The summed E-state index contributed by atoms with van der Waals surface area (Å²) in [5.41, 5.74) is 7.57. The molecule has 0 bridgehead atoms. The zero-order valence-electron chi connectivity index (χ0n) is 9.19. The van der Waals surface area contributed by atoms with E-state index in [-0.39, 0.29) is 0 Å². The van der Waals surface area contributed by atoms with Gasteiger partial charge in [0.25, 0.3) is 0 Å². The van der Waals surface area contributed by atoms with Gasteiger partial charge in [-0.3, -0.25) is 0 Å². The van der Waals surface area contributed by atoms with Crippen LogP contribution in [0.4, 0.5) is 11.6 Å². The summed E-state index contributed by atoms with van der Waals surface area (Å²) in [5, 5.41) is 6.29. The van der Waals surface area contributed by atoms with Crippen molar-refractivity contribution in [3.8, 4) is 0 Å². The van der Waals surface area contributed by atoms with Crippen molar-refractivity contribution in [3.05, 3.63) is 28.0 Å². The van der Waals surface area contributed by atoms with E-state index in [0.29, 0.717) is 12.4 Å². The van der Waals surface area contributed by atoms with Crippen molar-refractivity contribution in [1.82, 2.24) is 15.0 Å².